The normalized spacial score (nSPS) is 17.6. The Morgan fingerprint density at radius 3 is 2.68 bits per heavy atom. The highest BCUT2D eigenvalue weighted by molar-refractivity contribution is 5.98. The van der Waals surface area contributed by atoms with E-state index in [-0.39, 0.29) is 17.8 Å². The summed E-state index contributed by atoms with van der Waals surface area (Å²) in [6.07, 6.45) is 3.63. The maximum Gasteiger partial charge on any atom is 0.250 e. The molecule has 0 radical (unpaired) electrons. The molecule has 3 rings (SSSR count). The third-order valence-corrected chi connectivity index (χ3v) is 4.64. The van der Waals surface area contributed by atoms with Crippen molar-refractivity contribution < 1.29 is 13.9 Å². The Balaban J connectivity index is 1.82. The zero-order chi connectivity index (χ0) is 17.8. The molecular weight excluding hydrogens is 317 g/mol. The van der Waals surface area contributed by atoms with Gasteiger partial charge in [-0.2, -0.15) is 0 Å². The lowest BCUT2D eigenvalue weighted by molar-refractivity contribution is -0.130. The van der Waals surface area contributed by atoms with E-state index in [0.717, 1.165) is 35.3 Å². The fourth-order valence-corrected chi connectivity index (χ4v) is 3.19. The number of hydrogen-bond donors (Lipinski definition) is 0. The summed E-state index contributed by atoms with van der Waals surface area (Å²) < 4.78 is 18.4. The van der Waals surface area contributed by atoms with Crippen LogP contribution in [-0.4, -0.2) is 24.5 Å². The van der Waals surface area contributed by atoms with Gasteiger partial charge in [0.05, 0.1) is 13.2 Å². The van der Waals surface area contributed by atoms with Gasteiger partial charge in [0.1, 0.15) is 11.6 Å². The van der Waals surface area contributed by atoms with Gasteiger partial charge in [-0.05, 0) is 61.2 Å². The van der Waals surface area contributed by atoms with E-state index in [1.54, 1.807) is 19.2 Å². The first-order valence-electron chi connectivity index (χ1n) is 8.49. The number of hydrogen-bond acceptors (Lipinski definition) is 2. The molecule has 0 aromatic heterocycles. The molecule has 1 fully saturated rings. The molecule has 1 amide bonds. The lowest BCUT2D eigenvalue weighted by Crippen LogP contribution is -2.38. The van der Waals surface area contributed by atoms with Crippen LogP contribution in [0.1, 0.15) is 36.9 Å². The largest absolute Gasteiger partial charge is 0.497 e. The summed E-state index contributed by atoms with van der Waals surface area (Å²) in [5, 5.41) is 0. The molecule has 3 nitrogen and oxygen atoms in total. The number of benzene rings is 2. The Kier molecular flexibility index (Phi) is 5.17. The summed E-state index contributed by atoms with van der Waals surface area (Å²) in [7, 11) is 1.63. The molecule has 4 heteroatoms. The Hall–Kier alpha value is -2.62. The monoisotopic (exact) mass is 339 g/mol. The van der Waals surface area contributed by atoms with E-state index in [0.29, 0.717) is 6.54 Å². The zero-order valence-electron chi connectivity index (χ0n) is 14.5. The number of halogens is 1. The Morgan fingerprint density at radius 2 is 1.96 bits per heavy atom. The average Bonchev–Trinajstić information content (AvgIpc) is 2.64. The highest BCUT2D eigenvalue weighted by Gasteiger charge is 2.27. The number of methoxy groups -OCH3 is 1. The topological polar surface area (TPSA) is 29.5 Å². The third-order valence-electron chi connectivity index (χ3n) is 4.64. The van der Waals surface area contributed by atoms with Gasteiger partial charge in [0.25, 0.3) is 0 Å². The first-order valence-corrected chi connectivity index (χ1v) is 8.49. The van der Waals surface area contributed by atoms with Gasteiger partial charge >= 0.3 is 0 Å². The van der Waals surface area contributed by atoms with Gasteiger partial charge < -0.3 is 9.64 Å². The Labute approximate surface area is 147 Å². The molecule has 0 bridgehead atoms. The number of piperidine rings is 1. The molecule has 0 aliphatic carbocycles. The molecule has 0 unspecified atom stereocenters. The first-order chi connectivity index (χ1) is 12.1. The second-order valence-electron chi connectivity index (χ2n) is 6.28. The summed E-state index contributed by atoms with van der Waals surface area (Å²) >= 11 is 0. The summed E-state index contributed by atoms with van der Waals surface area (Å²) in [5.74, 6) is 0.555. The summed E-state index contributed by atoms with van der Waals surface area (Å²) in [6, 6.07) is 14.0. The van der Waals surface area contributed by atoms with Crippen LogP contribution in [0.4, 0.5) is 4.39 Å². The molecule has 130 valence electrons. The number of rotatable bonds is 4. The van der Waals surface area contributed by atoms with E-state index in [4.69, 9.17) is 4.74 Å². The third kappa shape index (κ3) is 3.90. The molecule has 2 aromatic rings. The fourth-order valence-electron chi connectivity index (χ4n) is 3.19. The summed E-state index contributed by atoms with van der Waals surface area (Å²) in [6.45, 7) is 2.70. The second kappa shape index (κ2) is 7.51. The quantitative estimate of drug-likeness (QED) is 0.762. The fraction of sp³-hybridized carbons (Fsp3) is 0.286. The second-order valence-corrected chi connectivity index (χ2v) is 6.28. The van der Waals surface area contributed by atoms with Crippen LogP contribution in [0.2, 0.25) is 0 Å². The molecule has 0 spiro atoms. The SMILES string of the molecule is COc1cccc(/C=C2\CCCN([C@@H](C)c3ccc(F)cc3)C2=O)c1. The van der Waals surface area contributed by atoms with Gasteiger partial charge in [0, 0.05) is 12.1 Å². The number of ether oxygens (including phenoxy) is 1. The van der Waals surface area contributed by atoms with Gasteiger partial charge in [-0.25, -0.2) is 4.39 Å². The van der Waals surface area contributed by atoms with E-state index >= 15 is 0 Å². The van der Waals surface area contributed by atoms with Crippen molar-refractivity contribution in [2.24, 2.45) is 0 Å². The van der Waals surface area contributed by atoms with E-state index in [9.17, 15) is 9.18 Å². The molecule has 1 aliphatic rings. The van der Waals surface area contributed by atoms with Crippen molar-refractivity contribution in [3.8, 4) is 5.75 Å². The van der Waals surface area contributed by atoms with E-state index < -0.39 is 0 Å². The molecule has 0 N–H and O–H groups in total. The van der Waals surface area contributed by atoms with Crippen LogP contribution in [0.25, 0.3) is 6.08 Å². The van der Waals surface area contributed by atoms with Crippen LogP contribution < -0.4 is 4.74 Å². The van der Waals surface area contributed by atoms with Crippen LogP contribution in [0, 0.1) is 5.82 Å². The molecule has 1 saturated heterocycles. The highest BCUT2D eigenvalue weighted by Crippen LogP contribution is 2.29. The highest BCUT2D eigenvalue weighted by atomic mass is 19.1. The molecular formula is C21H22FNO2. The summed E-state index contributed by atoms with van der Waals surface area (Å²) in [5.41, 5.74) is 2.70. The maximum atomic E-state index is 13.1. The van der Waals surface area contributed by atoms with Crippen molar-refractivity contribution in [3.63, 3.8) is 0 Å². The van der Waals surface area contributed by atoms with Gasteiger partial charge in [0.15, 0.2) is 0 Å². The smallest absolute Gasteiger partial charge is 0.250 e. The lowest BCUT2D eigenvalue weighted by Gasteiger charge is -2.34. The van der Waals surface area contributed by atoms with Crippen molar-refractivity contribution >= 4 is 12.0 Å². The van der Waals surface area contributed by atoms with Crippen molar-refractivity contribution in [2.45, 2.75) is 25.8 Å². The van der Waals surface area contributed by atoms with Crippen molar-refractivity contribution in [3.05, 3.63) is 71.0 Å². The molecule has 1 aliphatic heterocycles. The lowest BCUT2D eigenvalue weighted by atomic mass is 9.97. The minimum atomic E-state index is -0.264. The molecule has 25 heavy (non-hydrogen) atoms. The number of nitrogens with zero attached hydrogens (tertiary/aromatic N) is 1. The molecule has 0 saturated carbocycles. The van der Waals surface area contributed by atoms with Crippen LogP contribution in [-0.2, 0) is 4.79 Å². The van der Waals surface area contributed by atoms with Gasteiger partial charge in [0.2, 0.25) is 5.91 Å². The number of carbonyl (C=O) groups is 1. The Morgan fingerprint density at radius 1 is 1.20 bits per heavy atom. The first kappa shape index (κ1) is 17.2. The van der Waals surface area contributed by atoms with Crippen molar-refractivity contribution in [1.29, 1.82) is 0 Å². The van der Waals surface area contributed by atoms with Crippen LogP contribution >= 0.6 is 0 Å². The van der Waals surface area contributed by atoms with E-state index in [1.165, 1.54) is 12.1 Å². The van der Waals surface area contributed by atoms with E-state index in [1.807, 2.05) is 42.2 Å². The van der Waals surface area contributed by atoms with Gasteiger partial charge in [-0.15, -0.1) is 0 Å². The molecule has 1 atom stereocenters. The molecule has 2 aromatic carbocycles. The van der Waals surface area contributed by atoms with Crippen molar-refractivity contribution in [2.75, 3.05) is 13.7 Å². The zero-order valence-corrected chi connectivity index (χ0v) is 14.5. The van der Waals surface area contributed by atoms with E-state index in [2.05, 4.69) is 0 Å². The minimum Gasteiger partial charge on any atom is -0.497 e. The maximum absolute atomic E-state index is 13.1. The standard InChI is InChI=1S/C21H22FNO2/c1-15(17-8-10-19(22)11-9-17)23-12-4-6-18(21(23)24)13-16-5-3-7-20(14-16)25-2/h3,5,7-11,13-15H,4,6,12H2,1-2H3/b18-13+/t15-/m0/s1. The van der Waals surface area contributed by atoms with Gasteiger partial charge in [-0.3, -0.25) is 4.79 Å². The number of amides is 1. The van der Waals surface area contributed by atoms with Crippen LogP contribution in [0.5, 0.6) is 5.75 Å². The number of likely N-dealkylation sites (tertiary alicyclic amines) is 1. The summed E-state index contributed by atoms with van der Waals surface area (Å²) in [4.78, 5) is 14.8. The van der Waals surface area contributed by atoms with Crippen LogP contribution in [0.3, 0.4) is 0 Å². The Bertz CT molecular complexity index is 783. The number of carbonyl (C=O) groups excluding carboxylic acids is 1. The van der Waals surface area contributed by atoms with Crippen LogP contribution in [0.15, 0.2) is 54.1 Å². The predicted molar refractivity (Wildman–Crippen MR) is 96.7 cm³/mol. The average molecular weight is 339 g/mol. The van der Waals surface area contributed by atoms with Crippen molar-refractivity contribution in [1.82, 2.24) is 4.90 Å². The molecule has 1 heterocycles. The predicted octanol–water partition coefficient (Wildman–Crippen LogP) is 4.60. The minimum absolute atomic E-state index is 0.0471. The van der Waals surface area contributed by atoms with Gasteiger partial charge in [-0.1, -0.05) is 24.3 Å².